The van der Waals surface area contributed by atoms with Gasteiger partial charge in [-0.2, -0.15) is 0 Å². The molecule has 0 bridgehead atoms. The van der Waals surface area contributed by atoms with Crippen molar-refractivity contribution in [1.29, 1.82) is 0 Å². The number of likely N-dealkylation sites (tertiary alicyclic amines) is 1. The Morgan fingerprint density at radius 3 is 2.23 bits per heavy atom. The lowest BCUT2D eigenvalue weighted by Gasteiger charge is -2.32. The molecule has 1 aliphatic rings. The van der Waals surface area contributed by atoms with Crippen LogP contribution in [0.3, 0.4) is 0 Å². The van der Waals surface area contributed by atoms with E-state index in [0.29, 0.717) is 24.4 Å². The third-order valence-electron chi connectivity index (χ3n) is 5.72. The maximum atomic E-state index is 12.5. The Hall–Kier alpha value is -2.53. The van der Waals surface area contributed by atoms with Gasteiger partial charge in [-0.15, -0.1) is 0 Å². The Morgan fingerprint density at radius 1 is 1.00 bits per heavy atom. The van der Waals surface area contributed by atoms with Crippen LogP contribution in [0.1, 0.15) is 45.5 Å². The zero-order valence-electron chi connectivity index (χ0n) is 18.0. The van der Waals surface area contributed by atoms with Gasteiger partial charge in [0.1, 0.15) is 5.75 Å². The van der Waals surface area contributed by atoms with Gasteiger partial charge in [-0.3, -0.25) is 9.59 Å². The van der Waals surface area contributed by atoms with E-state index >= 15 is 0 Å². The fourth-order valence-corrected chi connectivity index (χ4v) is 3.76. The highest BCUT2D eigenvalue weighted by Gasteiger charge is 2.24. The van der Waals surface area contributed by atoms with Crippen LogP contribution in [0.5, 0.6) is 5.75 Å². The van der Waals surface area contributed by atoms with Crippen molar-refractivity contribution in [3.63, 3.8) is 0 Å². The highest BCUT2D eigenvalue weighted by molar-refractivity contribution is 6.32. The number of nitrogens with zero attached hydrogens (tertiary/aromatic N) is 1. The van der Waals surface area contributed by atoms with Gasteiger partial charge in [-0.05, 0) is 87.1 Å². The summed E-state index contributed by atoms with van der Waals surface area (Å²) in [4.78, 5) is 26.8. The first-order chi connectivity index (χ1) is 14.2. The molecule has 2 aromatic rings. The van der Waals surface area contributed by atoms with Crippen molar-refractivity contribution >= 4 is 23.4 Å². The smallest absolute Gasteiger partial charge is 0.260 e. The van der Waals surface area contributed by atoms with Crippen LogP contribution in [0.2, 0.25) is 5.02 Å². The van der Waals surface area contributed by atoms with Gasteiger partial charge in [0.15, 0.2) is 6.61 Å². The van der Waals surface area contributed by atoms with Crippen LogP contribution >= 0.6 is 11.6 Å². The van der Waals surface area contributed by atoms with Crippen LogP contribution in [0.15, 0.2) is 30.3 Å². The molecular formula is C24H29ClN2O3. The standard InChI is InChI=1S/C24H29ClN2O3/c1-15-5-6-19(11-16(15)2)24(29)26-20-7-9-27(10-8-20)22(28)14-30-21-12-17(3)23(25)18(4)13-21/h5-6,11-13,20H,7-10,14H2,1-4H3,(H,26,29). The van der Waals surface area contributed by atoms with Crippen molar-refractivity contribution in [1.82, 2.24) is 10.2 Å². The van der Waals surface area contributed by atoms with Gasteiger partial charge in [0.05, 0.1) is 0 Å². The van der Waals surface area contributed by atoms with E-state index in [-0.39, 0.29) is 24.5 Å². The number of benzene rings is 2. The molecular weight excluding hydrogens is 400 g/mol. The third-order valence-corrected chi connectivity index (χ3v) is 6.32. The molecule has 2 amide bonds. The Bertz CT molecular complexity index is 926. The summed E-state index contributed by atoms with van der Waals surface area (Å²) in [7, 11) is 0. The van der Waals surface area contributed by atoms with Crippen molar-refractivity contribution in [3.8, 4) is 5.75 Å². The van der Waals surface area contributed by atoms with Gasteiger partial charge >= 0.3 is 0 Å². The van der Waals surface area contributed by atoms with Crippen LogP contribution in [0.4, 0.5) is 0 Å². The number of carbonyl (C=O) groups is 2. The lowest BCUT2D eigenvalue weighted by atomic mass is 10.0. The summed E-state index contributed by atoms with van der Waals surface area (Å²) in [6, 6.07) is 9.50. The number of halogens is 1. The Kier molecular flexibility index (Phi) is 7.03. The maximum Gasteiger partial charge on any atom is 0.260 e. The van der Waals surface area contributed by atoms with E-state index in [2.05, 4.69) is 5.32 Å². The first kappa shape index (κ1) is 22.2. The molecule has 1 heterocycles. The molecule has 3 rings (SSSR count). The normalized spacial score (nSPS) is 14.5. The van der Waals surface area contributed by atoms with Crippen molar-refractivity contribution in [2.24, 2.45) is 0 Å². The highest BCUT2D eigenvalue weighted by Crippen LogP contribution is 2.26. The first-order valence-electron chi connectivity index (χ1n) is 10.3. The molecule has 1 N–H and O–H groups in total. The minimum atomic E-state index is -0.0558. The quantitative estimate of drug-likeness (QED) is 0.769. The number of piperidine rings is 1. The van der Waals surface area contributed by atoms with Gasteiger partial charge in [-0.1, -0.05) is 17.7 Å². The van der Waals surface area contributed by atoms with E-state index < -0.39 is 0 Å². The molecule has 30 heavy (non-hydrogen) atoms. The molecule has 0 aliphatic carbocycles. The minimum Gasteiger partial charge on any atom is -0.484 e. The number of ether oxygens (including phenoxy) is 1. The van der Waals surface area contributed by atoms with E-state index in [4.69, 9.17) is 16.3 Å². The molecule has 5 nitrogen and oxygen atoms in total. The van der Waals surface area contributed by atoms with E-state index in [1.54, 1.807) is 4.90 Å². The van der Waals surface area contributed by atoms with E-state index in [0.717, 1.165) is 34.6 Å². The van der Waals surface area contributed by atoms with Gasteiger partial charge < -0.3 is 15.0 Å². The number of rotatable bonds is 5. The van der Waals surface area contributed by atoms with Crippen molar-refractivity contribution in [2.45, 2.75) is 46.6 Å². The Morgan fingerprint density at radius 2 is 1.63 bits per heavy atom. The lowest BCUT2D eigenvalue weighted by Crippen LogP contribution is -2.47. The Labute approximate surface area is 183 Å². The summed E-state index contributed by atoms with van der Waals surface area (Å²) in [6.45, 7) is 9.09. The maximum absolute atomic E-state index is 12.5. The van der Waals surface area contributed by atoms with Gasteiger partial charge in [0.25, 0.3) is 11.8 Å². The largest absolute Gasteiger partial charge is 0.484 e. The van der Waals surface area contributed by atoms with Crippen molar-refractivity contribution in [3.05, 3.63) is 63.2 Å². The molecule has 1 saturated heterocycles. The summed E-state index contributed by atoms with van der Waals surface area (Å²) in [5.41, 5.74) is 4.82. The summed E-state index contributed by atoms with van der Waals surface area (Å²) in [6.07, 6.45) is 1.48. The number of hydrogen-bond donors (Lipinski definition) is 1. The molecule has 0 saturated carbocycles. The van der Waals surface area contributed by atoms with E-state index in [1.807, 2.05) is 58.0 Å². The lowest BCUT2D eigenvalue weighted by molar-refractivity contribution is -0.134. The zero-order valence-corrected chi connectivity index (χ0v) is 18.8. The fourth-order valence-electron chi connectivity index (χ4n) is 3.65. The molecule has 2 aromatic carbocycles. The molecule has 0 unspecified atom stereocenters. The fraction of sp³-hybridized carbons (Fsp3) is 0.417. The van der Waals surface area contributed by atoms with Gasteiger partial charge in [0, 0.05) is 29.7 Å². The topological polar surface area (TPSA) is 58.6 Å². The molecule has 0 spiro atoms. The average Bonchev–Trinajstić information content (AvgIpc) is 2.72. The Balaban J connectivity index is 1.47. The number of hydrogen-bond acceptors (Lipinski definition) is 3. The van der Waals surface area contributed by atoms with Crippen LogP contribution in [0, 0.1) is 27.7 Å². The van der Waals surface area contributed by atoms with Crippen LogP contribution in [-0.4, -0.2) is 42.5 Å². The number of aryl methyl sites for hydroxylation is 4. The van der Waals surface area contributed by atoms with Crippen LogP contribution in [-0.2, 0) is 4.79 Å². The van der Waals surface area contributed by atoms with Gasteiger partial charge in [-0.25, -0.2) is 0 Å². The summed E-state index contributed by atoms with van der Waals surface area (Å²) < 4.78 is 5.69. The monoisotopic (exact) mass is 428 g/mol. The second kappa shape index (κ2) is 9.52. The average molecular weight is 429 g/mol. The second-order valence-corrected chi connectivity index (χ2v) is 8.47. The van der Waals surface area contributed by atoms with Gasteiger partial charge in [0.2, 0.25) is 0 Å². The molecule has 160 valence electrons. The number of amides is 2. The summed E-state index contributed by atoms with van der Waals surface area (Å²) in [5, 5.41) is 3.82. The van der Waals surface area contributed by atoms with E-state index in [9.17, 15) is 9.59 Å². The molecule has 0 atom stereocenters. The molecule has 0 aromatic heterocycles. The van der Waals surface area contributed by atoms with Crippen LogP contribution < -0.4 is 10.1 Å². The molecule has 1 fully saturated rings. The number of nitrogens with one attached hydrogen (secondary N) is 1. The minimum absolute atomic E-state index is 0.000180. The SMILES string of the molecule is Cc1ccc(C(=O)NC2CCN(C(=O)COc3cc(C)c(Cl)c(C)c3)CC2)cc1C. The highest BCUT2D eigenvalue weighted by atomic mass is 35.5. The predicted molar refractivity (Wildman–Crippen MR) is 119 cm³/mol. The first-order valence-corrected chi connectivity index (χ1v) is 10.7. The third kappa shape index (κ3) is 5.33. The zero-order chi connectivity index (χ0) is 21.8. The number of carbonyl (C=O) groups excluding carboxylic acids is 2. The van der Waals surface area contributed by atoms with Crippen molar-refractivity contribution < 1.29 is 14.3 Å². The van der Waals surface area contributed by atoms with Crippen molar-refractivity contribution in [2.75, 3.05) is 19.7 Å². The predicted octanol–water partition coefficient (Wildman–Crippen LogP) is 4.37. The van der Waals surface area contributed by atoms with E-state index in [1.165, 1.54) is 5.56 Å². The molecule has 1 aliphatic heterocycles. The summed E-state index contributed by atoms with van der Waals surface area (Å²) >= 11 is 6.18. The summed E-state index contributed by atoms with van der Waals surface area (Å²) in [5.74, 6) is 0.553. The molecule has 0 radical (unpaired) electrons. The second-order valence-electron chi connectivity index (χ2n) is 8.09. The molecule has 6 heteroatoms. The van der Waals surface area contributed by atoms with Crippen LogP contribution in [0.25, 0.3) is 0 Å².